The minimum absolute atomic E-state index is 0.178. The van der Waals surface area contributed by atoms with E-state index in [-0.39, 0.29) is 35.9 Å². The van der Waals surface area contributed by atoms with Crippen LogP contribution in [0.2, 0.25) is 0 Å². The lowest BCUT2D eigenvalue weighted by molar-refractivity contribution is 1.13. The van der Waals surface area contributed by atoms with Crippen molar-refractivity contribution in [1.82, 2.24) is 4.57 Å². The molecular formula is C14H11N. The first kappa shape index (κ1) is 4.67. The van der Waals surface area contributed by atoms with Crippen molar-refractivity contribution in [3.05, 3.63) is 66.7 Å². The fourth-order valence-electron chi connectivity index (χ4n) is 1.64. The van der Waals surface area contributed by atoms with Gasteiger partial charge in [-0.25, -0.2) is 0 Å². The van der Waals surface area contributed by atoms with E-state index >= 15 is 0 Å². The number of nitrogens with zero attached hydrogens (tertiary/aromatic N) is 1. The molecule has 0 aliphatic heterocycles. The number of rotatable bonds is 1. The second-order valence-electron chi connectivity index (χ2n) is 3.22. The normalized spacial score (nSPS) is 15.3. The Balaban J connectivity index is 2.41. The number of benzene rings is 2. The highest BCUT2D eigenvalue weighted by Crippen LogP contribution is 2.19. The van der Waals surface area contributed by atoms with Crippen molar-refractivity contribution in [2.24, 2.45) is 0 Å². The van der Waals surface area contributed by atoms with Gasteiger partial charge in [0.05, 0.1) is 12.4 Å². The van der Waals surface area contributed by atoms with E-state index in [9.17, 15) is 0 Å². The number of aromatic nitrogens is 1. The fraction of sp³-hybridized carbons (Fsp3) is 0. The number of fused-ring (bicyclic) bond motifs is 1. The zero-order valence-corrected chi connectivity index (χ0v) is 7.91. The van der Waals surface area contributed by atoms with Gasteiger partial charge in [0.1, 0.15) is 0 Å². The summed E-state index contributed by atoms with van der Waals surface area (Å²) in [7, 11) is 0. The maximum atomic E-state index is 7.99. The molecular weight excluding hydrogens is 182 g/mol. The third-order valence-corrected chi connectivity index (χ3v) is 2.33. The molecule has 0 spiro atoms. The van der Waals surface area contributed by atoms with E-state index in [2.05, 4.69) is 0 Å². The van der Waals surface area contributed by atoms with Gasteiger partial charge in [-0.15, -0.1) is 0 Å². The van der Waals surface area contributed by atoms with Crippen molar-refractivity contribution in [3.8, 4) is 5.69 Å². The lowest BCUT2D eigenvalue weighted by atomic mass is 10.2. The predicted molar refractivity (Wildman–Crippen MR) is 63.3 cm³/mol. The molecule has 0 bridgehead atoms. The van der Waals surface area contributed by atoms with Crippen LogP contribution in [0.3, 0.4) is 0 Å². The second-order valence-corrected chi connectivity index (χ2v) is 3.22. The Morgan fingerprint density at radius 2 is 1.73 bits per heavy atom. The molecule has 1 nitrogen and oxygen atoms in total. The predicted octanol–water partition coefficient (Wildman–Crippen LogP) is 3.63. The smallest absolute Gasteiger partial charge is 0.0645 e. The molecule has 1 heterocycles. The van der Waals surface area contributed by atoms with Crippen molar-refractivity contribution in [3.63, 3.8) is 0 Å². The zero-order chi connectivity index (χ0) is 14.4. The molecule has 1 aromatic heterocycles. The van der Waals surface area contributed by atoms with Gasteiger partial charge >= 0.3 is 0 Å². The van der Waals surface area contributed by atoms with Crippen LogP contribution in [0.4, 0.5) is 0 Å². The van der Waals surface area contributed by atoms with Gasteiger partial charge in [0, 0.05) is 11.9 Å². The van der Waals surface area contributed by atoms with Crippen molar-refractivity contribution in [2.45, 2.75) is 0 Å². The monoisotopic (exact) mass is 198 g/mol. The molecule has 1 heteroatoms. The maximum absolute atomic E-state index is 7.99. The Hall–Kier alpha value is -2.02. The van der Waals surface area contributed by atoms with Gasteiger partial charge in [0.15, 0.2) is 0 Å². The highest BCUT2D eigenvalue weighted by molar-refractivity contribution is 5.81. The molecule has 3 rings (SSSR count). The molecule has 0 radical (unpaired) electrons. The molecule has 0 saturated carbocycles. The van der Waals surface area contributed by atoms with Crippen LogP contribution < -0.4 is 0 Å². The summed E-state index contributed by atoms with van der Waals surface area (Å²) in [6.45, 7) is 0. The summed E-state index contributed by atoms with van der Waals surface area (Å²) in [5.74, 6) is 0. The van der Waals surface area contributed by atoms with Crippen molar-refractivity contribution in [2.75, 3.05) is 0 Å². The molecule has 0 aliphatic rings. The summed E-state index contributed by atoms with van der Waals surface area (Å²) in [6, 6.07) is 7.98. The highest BCUT2D eigenvalue weighted by atomic mass is 15.0. The number of hydrogen-bond donors (Lipinski definition) is 0. The molecule has 0 saturated heterocycles. The fourth-order valence-corrected chi connectivity index (χ4v) is 1.64. The zero-order valence-electron chi connectivity index (χ0n) is 12.9. The van der Waals surface area contributed by atoms with Crippen LogP contribution in [0.25, 0.3) is 16.6 Å². The van der Waals surface area contributed by atoms with Gasteiger partial charge in [0.2, 0.25) is 0 Å². The number of hydrogen-bond acceptors (Lipinski definition) is 0. The first-order chi connectivity index (χ1) is 9.52. The van der Waals surface area contributed by atoms with Crippen LogP contribution >= 0.6 is 0 Å². The third kappa shape index (κ3) is 1.33. The Morgan fingerprint density at radius 3 is 2.60 bits per heavy atom. The maximum Gasteiger partial charge on any atom is 0.0645 e. The number of para-hydroxylation sites is 2. The Bertz CT molecular complexity index is 793. The summed E-state index contributed by atoms with van der Waals surface area (Å²) in [6.07, 6.45) is 1.72. The molecule has 0 unspecified atom stereocenters. The van der Waals surface area contributed by atoms with E-state index in [1.165, 1.54) is 0 Å². The van der Waals surface area contributed by atoms with Crippen LogP contribution in [0.15, 0.2) is 66.7 Å². The molecule has 3 aromatic rings. The average molecular weight is 198 g/mol. The van der Waals surface area contributed by atoms with Crippen LogP contribution in [-0.4, -0.2) is 4.57 Å². The largest absolute Gasteiger partial charge is 0.317 e. The molecule has 72 valence electrons. The van der Waals surface area contributed by atoms with Gasteiger partial charge in [-0.05, 0) is 29.6 Å². The summed E-state index contributed by atoms with van der Waals surface area (Å²) in [4.78, 5) is 0. The molecule has 0 atom stereocenters. The molecule has 0 amide bonds. The minimum Gasteiger partial charge on any atom is -0.317 e. The summed E-state index contributed by atoms with van der Waals surface area (Å²) >= 11 is 0. The van der Waals surface area contributed by atoms with Crippen molar-refractivity contribution >= 4 is 10.9 Å². The van der Waals surface area contributed by atoms with E-state index in [0.717, 1.165) is 10.9 Å². The van der Waals surface area contributed by atoms with Crippen molar-refractivity contribution in [1.29, 1.82) is 0 Å². The van der Waals surface area contributed by atoms with Crippen LogP contribution in [-0.2, 0) is 0 Å². The summed E-state index contributed by atoms with van der Waals surface area (Å²) in [5, 5.41) is 0.958. The first-order valence-electron chi connectivity index (χ1n) is 7.15. The molecule has 2 aromatic carbocycles. The average Bonchev–Trinajstić information content (AvgIpc) is 2.87. The van der Waals surface area contributed by atoms with Crippen LogP contribution in [0.1, 0.15) is 6.85 Å². The lowest BCUT2D eigenvalue weighted by Gasteiger charge is -2.04. The van der Waals surface area contributed by atoms with E-state index in [4.69, 9.17) is 6.85 Å². The lowest BCUT2D eigenvalue weighted by Crippen LogP contribution is -1.89. The summed E-state index contributed by atoms with van der Waals surface area (Å²) in [5.41, 5.74) is 0.989. The minimum atomic E-state index is -0.375. The highest BCUT2D eigenvalue weighted by Gasteiger charge is 2.00. The second kappa shape index (κ2) is 3.28. The van der Waals surface area contributed by atoms with Crippen LogP contribution in [0, 0.1) is 0 Å². The molecule has 15 heavy (non-hydrogen) atoms. The van der Waals surface area contributed by atoms with Crippen LogP contribution in [0.5, 0.6) is 0 Å². The van der Waals surface area contributed by atoms with Crippen molar-refractivity contribution < 1.29 is 6.85 Å². The van der Waals surface area contributed by atoms with E-state index < -0.39 is 0 Å². The topological polar surface area (TPSA) is 4.93 Å². The third-order valence-electron chi connectivity index (χ3n) is 2.33. The Morgan fingerprint density at radius 1 is 0.933 bits per heavy atom. The van der Waals surface area contributed by atoms with E-state index in [1.54, 1.807) is 10.8 Å². The summed E-state index contributed by atoms with van der Waals surface area (Å²) < 4.78 is 40.7. The molecule has 0 fully saturated rings. The SMILES string of the molecule is [2H]c1c([2H])c([2H])c(-n2ccc3ccccc32)c([2H])c1[2H]. The molecule has 0 aliphatic carbocycles. The van der Waals surface area contributed by atoms with E-state index in [0.29, 0.717) is 0 Å². The van der Waals surface area contributed by atoms with Gasteiger partial charge < -0.3 is 4.57 Å². The van der Waals surface area contributed by atoms with Gasteiger partial charge in [-0.1, -0.05) is 36.3 Å². The Labute approximate surface area is 95.6 Å². The van der Waals surface area contributed by atoms with E-state index in [1.807, 2.05) is 30.3 Å². The standard InChI is InChI=1S/C14H11N/c1-2-7-13(8-3-1)15-11-10-12-6-4-5-9-14(12)15/h1-11H/i1D,2D,3D,7D,8D. The van der Waals surface area contributed by atoms with Gasteiger partial charge in [-0.3, -0.25) is 0 Å². The van der Waals surface area contributed by atoms with Gasteiger partial charge in [0.25, 0.3) is 0 Å². The quantitative estimate of drug-likeness (QED) is 0.562. The Kier molecular flexibility index (Phi) is 1.02. The first-order valence-corrected chi connectivity index (χ1v) is 4.65. The molecule has 0 N–H and O–H groups in total. The van der Waals surface area contributed by atoms with Gasteiger partial charge in [-0.2, -0.15) is 0 Å².